The van der Waals surface area contributed by atoms with E-state index in [0.717, 1.165) is 28.2 Å². The van der Waals surface area contributed by atoms with E-state index in [4.69, 9.17) is 5.26 Å². The number of aromatic nitrogens is 3. The van der Waals surface area contributed by atoms with Gasteiger partial charge in [-0.25, -0.2) is 4.52 Å². The van der Waals surface area contributed by atoms with Gasteiger partial charge < -0.3 is 5.32 Å². The molecule has 0 spiro atoms. The number of hydrogen-bond donors (Lipinski definition) is 1. The van der Waals surface area contributed by atoms with Gasteiger partial charge in [-0.2, -0.15) is 10.4 Å². The monoisotopic (exact) mass is 291 g/mol. The first-order chi connectivity index (χ1) is 10.6. The van der Waals surface area contributed by atoms with Crippen molar-refractivity contribution in [2.75, 3.05) is 5.32 Å². The molecule has 0 aliphatic heterocycles. The Bertz CT molecular complexity index is 870. The molecule has 0 radical (unpaired) electrons. The van der Waals surface area contributed by atoms with E-state index in [-0.39, 0.29) is 0 Å². The number of nitrogens with one attached hydrogen (secondary N) is 1. The first-order valence-corrected chi connectivity index (χ1v) is 7.20. The van der Waals surface area contributed by atoms with E-state index in [1.54, 1.807) is 10.7 Å². The second-order valence-electron chi connectivity index (χ2n) is 5.59. The summed E-state index contributed by atoms with van der Waals surface area (Å²) < 4.78 is 1.80. The Labute approximate surface area is 129 Å². The molecule has 0 aromatic carbocycles. The summed E-state index contributed by atoms with van der Waals surface area (Å²) in [5.41, 5.74) is 5.38. The van der Waals surface area contributed by atoms with Gasteiger partial charge in [0.25, 0.3) is 0 Å². The number of rotatable bonds is 3. The van der Waals surface area contributed by atoms with Gasteiger partial charge in [0.05, 0.1) is 28.7 Å². The Morgan fingerprint density at radius 3 is 2.77 bits per heavy atom. The molecule has 5 nitrogen and oxygen atoms in total. The minimum Gasteiger partial charge on any atom is -0.383 e. The van der Waals surface area contributed by atoms with Crippen LogP contribution in [0.1, 0.15) is 25.0 Å². The van der Waals surface area contributed by atoms with Crippen LogP contribution in [0.15, 0.2) is 36.7 Å². The molecular weight excluding hydrogens is 274 g/mol. The van der Waals surface area contributed by atoms with Crippen molar-refractivity contribution in [3.05, 3.63) is 47.8 Å². The van der Waals surface area contributed by atoms with Crippen LogP contribution in [0.5, 0.6) is 0 Å². The molecule has 3 aromatic heterocycles. The standard InChI is InChI=1S/C17H17N5/c1-11(2)21-15-7-16(19-9-12(15)3)17-5-4-14-6-13(8-18)10-20-22(14)17/h4-7,9-11H,1-3H3,(H,19,21). The molecule has 0 atom stereocenters. The number of pyridine rings is 1. The Hall–Kier alpha value is -2.87. The summed E-state index contributed by atoms with van der Waals surface area (Å²) >= 11 is 0. The quantitative estimate of drug-likeness (QED) is 0.803. The molecule has 3 aromatic rings. The second kappa shape index (κ2) is 5.49. The van der Waals surface area contributed by atoms with Crippen molar-refractivity contribution in [3.8, 4) is 17.5 Å². The van der Waals surface area contributed by atoms with Crippen LogP contribution in [0.3, 0.4) is 0 Å². The summed E-state index contributed by atoms with van der Waals surface area (Å²) in [7, 11) is 0. The van der Waals surface area contributed by atoms with Gasteiger partial charge in [0, 0.05) is 17.9 Å². The average molecular weight is 291 g/mol. The van der Waals surface area contributed by atoms with E-state index in [0.29, 0.717) is 11.6 Å². The lowest BCUT2D eigenvalue weighted by molar-refractivity contribution is 0.895. The Balaban J connectivity index is 2.10. The molecule has 0 unspecified atom stereocenters. The SMILES string of the molecule is Cc1cnc(-c2ccc3cc(C#N)cnn23)cc1NC(C)C. The molecule has 0 amide bonds. The van der Waals surface area contributed by atoms with Crippen LogP contribution in [-0.4, -0.2) is 20.6 Å². The number of hydrogen-bond acceptors (Lipinski definition) is 4. The summed E-state index contributed by atoms with van der Waals surface area (Å²) in [6.45, 7) is 6.25. The minimum absolute atomic E-state index is 0.356. The maximum Gasteiger partial charge on any atom is 0.101 e. The fourth-order valence-electron chi connectivity index (χ4n) is 2.38. The first kappa shape index (κ1) is 14.1. The van der Waals surface area contributed by atoms with Gasteiger partial charge in [0.1, 0.15) is 6.07 Å². The molecule has 0 bridgehead atoms. The molecular formula is C17H17N5. The van der Waals surface area contributed by atoms with Crippen molar-refractivity contribution in [2.45, 2.75) is 26.8 Å². The van der Waals surface area contributed by atoms with Crippen molar-refractivity contribution < 1.29 is 0 Å². The average Bonchev–Trinajstić information content (AvgIpc) is 2.92. The molecule has 110 valence electrons. The number of anilines is 1. The highest BCUT2D eigenvalue weighted by atomic mass is 15.2. The number of aryl methyl sites for hydroxylation is 1. The molecule has 5 heteroatoms. The van der Waals surface area contributed by atoms with Crippen LogP contribution in [0.2, 0.25) is 0 Å². The van der Waals surface area contributed by atoms with E-state index in [9.17, 15) is 0 Å². The second-order valence-corrected chi connectivity index (χ2v) is 5.59. The van der Waals surface area contributed by atoms with Crippen molar-refractivity contribution in [3.63, 3.8) is 0 Å². The zero-order valence-corrected chi connectivity index (χ0v) is 12.8. The van der Waals surface area contributed by atoms with Crippen LogP contribution in [0, 0.1) is 18.3 Å². The lowest BCUT2D eigenvalue weighted by Gasteiger charge is -2.13. The third kappa shape index (κ3) is 2.51. The minimum atomic E-state index is 0.356. The van der Waals surface area contributed by atoms with Gasteiger partial charge in [-0.05, 0) is 50.6 Å². The highest BCUT2D eigenvalue weighted by Gasteiger charge is 2.10. The van der Waals surface area contributed by atoms with Crippen LogP contribution < -0.4 is 5.32 Å². The molecule has 22 heavy (non-hydrogen) atoms. The molecule has 0 aliphatic rings. The maximum atomic E-state index is 8.95. The van der Waals surface area contributed by atoms with Gasteiger partial charge in [-0.1, -0.05) is 0 Å². The highest BCUT2D eigenvalue weighted by molar-refractivity contribution is 5.68. The van der Waals surface area contributed by atoms with Gasteiger partial charge in [0.2, 0.25) is 0 Å². The van der Waals surface area contributed by atoms with Crippen molar-refractivity contribution in [1.82, 2.24) is 14.6 Å². The van der Waals surface area contributed by atoms with Crippen LogP contribution in [-0.2, 0) is 0 Å². The Morgan fingerprint density at radius 2 is 2.05 bits per heavy atom. The van der Waals surface area contributed by atoms with E-state index < -0.39 is 0 Å². The third-order valence-electron chi connectivity index (χ3n) is 3.44. The molecule has 3 rings (SSSR count). The van der Waals surface area contributed by atoms with Gasteiger partial charge >= 0.3 is 0 Å². The predicted octanol–water partition coefficient (Wildman–Crippen LogP) is 3.40. The molecule has 0 fully saturated rings. The molecule has 0 saturated heterocycles. The topological polar surface area (TPSA) is 66.0 Å². The predicted molar refractivity (Wildman–Crippen MR) is 86.6 cm³/mol. The van der Waals surface area contributed by atoms with E-state index in [2.05, 4.69) is 35.3 Å². The summed E-state index contributed by atoms with van der Waals surface area (Å²) in [5, 5.41) is 16.7. The molecule has 3 heterocycles. The normalized spacial score (nSPS) is 10.9. The summed E-state index contributed by atoms with van der Waals surface area (Å²) in [4.78, 5) is 4.52. The van der Waals surface area contributed by atoms with E-state index in [1.807, 2.05) is 37.4 Å². The number of nitriles is 1. The molecule has 1 N–H and O–H groups in total. The van der Waals surface area contributed by atoms with Gasteiger partial charge in [0.15, 0.2) is 0 Å². The zero-order chi connectivity index (χ0) is 15.7. The summed E-state index contributed by atoms with van der Waals surface area (Å²) in [6.07, 6.45) is 3.43. The molecule has 0 saturated carbocycles. The van der Waals surface area contributed by atoms with Crippen molar-refractivity contribution in [2.24, 2.45) is 0 Å². The van der Waals surface area contributed by atoms with Gasteiger partial charge in [-0.15, -0.1) is 0 Å². The van der Waals surface area contributed by atoms with E-state index >= 15 is 0 Å². The lowest BCUT2D eigenvalue weighted by atomic mass is 10.2. The van der Waals surface area contributed by atoms with Crippen molar-refractivity contribution in [1.29, 1.82) is 5.26 Å². The van der Waals surface area contributed by atoms with E-state index in [1.165, 1.54) is 0 Å². The van der Waals surface area contributed by atoms with Crippen LogP contribution in [0.25, 0.3) is 16.9 Å². The summed E-state index contributed by atoms with van der Waals surface area (Å²) in [6, 6.07) is 10.2. The Kier molecular flexibility index (Phi) is 3.51. The summed E-state index contributed by atoms with van der Waals surface area (Å²) in [5.74, 6) is 0. The maximum absolute atomic E-state index is 8.95. The van der Waals surface area contributed by atoms with Crippen LogP contribution in [0.4, 0.5) is 5.69 Å². The highest BCUT2D eigenvalue weighted by Crippen LogP contribution is 2.25. The fraction of sp³-hybridized carbons (Fsp3) is 0.235. The van der Waals surface area contributed by atoms with Crippen molar-refractivity contribution >= 4 is 11.2 Å². The fourth-order valence-corrected chi connectivity index (χ4v) is 2.38. The largest absolute Gasteiger partial charge is 0.383 e. The Morgan fingerprint density at radius 1 is 1.23 bits per heavy atom. The molecule has 0 aliphatic carbocycles. The lowest BCUT2D eigenvalue weighted by Crippen LogP contribution is -2.11. The van der Waals surface area contributed by atoms with Gasteiger partial charge in [-0.3, -0.25) is 4.98 Å². The van der Waals surface area contributed by atoms with Crippen LogP contribution >= 0.6 is 0 Å². The zero-order valence-electron chi connectivity index (χ0n) is 12.8. The first-order valence-electron chi connectivity index (χ1n) is 7.20. The smallest absolute Gasteiger partial charge is 0.101 e. The third-order valence-corrected chi connectivity index (χ3v) is 3.44. The number of nitrogens with zero attached hydrogens (tertiary/aromatic N) is 4. The number of fused-ring (bicyclic) bond motifs is 1.